The van der Waals surface area contributed by atoms with E-state index in [1.165, 1.54) is 13.1 Å². The van der Waals surface area contributed by atoms with E-state index in [1.54, 1.807) is 6.20 Å². The number of aromatic nitrogens is 2. The summed E-state index contributed by atoms with van der Waals surface area (Å²) in [7, 11) is 0. The maximum Gasteiger partial charge on any atom is 1.00 e. The van der Waals surface area contributed by atoms with Crippen LogP contribution in [-0.2, 0) is 4.79 Å². The van der Waals surface area contributed by atoms with Crippen LogP contribution in [0.25, 0.3) is 0 Å². The molecule has 0 amide bonds. The van der Waals surface area contributed by atoms with Gasteiger partial charge in [-0.3, -0.25) is 4.79 Å². The molecule has 0 aliphatic carbocycles. The molecule has 1 N–H and O–H groups in total. The summed E-state index contributed by atoms with van der Waals surface area (Å²) in [6.07, 6.45) is 3.09. The summed E-state index contributed by atoms with van der Waals surface area (Å²) >= 11 is 0. The van der Waals surface area contributed by atoms with Gasteiger partial charge in [-0.2, -0.15) is 0 Å². The van der Waals surface area contributed by atoms with E-state index in [2.05, 4.69) is 14.7 Å². The van der Waals surface area contributed by atoms with Gasteiger partial charge < -0.3 is 11.1 Å². The van der Waals surface area contributed by atoms with Gasteiger partial charge in [0.05, 0.1) is 0 Å². The molecule has 0 spiro atoms. The van der Waals surface area contributed by atoms with Gasteiger partial charge in [-0.05, 0) is 0 Å². The Morgan fingerprint density at radius 2 is 2.60 bits per heavy atom. The molecule has 0 fully saturated rings. The van der Waals surface area contributed by atoms with E-state index in [-0.39, 0.29) is 43.0 Å². The van der Waals surface area contributed by atoms with Gasteiger partial charge in [-0.1, -0.05) is 0 Å². The number of carbonyl (C=O) groups excluding carboxylic acids is 1. The largest absolute Gasteiger partial charge is 1.00 e. The molecule has 1 aromatic heterocycles. The Hall–Kier alpha value is -0.320. The number of hydrogen-bond acceptors (Lipinski definition) is 3. The van der Waals surface area contributed by atoms with E-state index in [0.29, 0.717) is 0 Å². The van der Waals surface area contributed by atoms with E-state index in [4.69, 9.17) is 0 Å². The molecule has 5 heteroatoms. The predicted molar refractivity (Wildman–Crippen MR) is 31.0 cm³/mol. The third kappa shape index (κ3) is 3.00. The number of aromatic amines is 1. The van der Waals surface area contributed by atoms with Crippen molar-refractivity contribution in [2.24, 2.45) is 0 Å². The van der Waals surface area contributed by atoms with E-state index in [1.807, 2.05) is 0 Å². The first-order valence-electron chi connectivity index (χ1n) is 2.47. The van der Waals surface area contributed by atoms with E-state index < -0.39 is 0 Å². The van der Waals surface area contributed by atoms with Gasteiger partial charge in [0.2, 0.25) is 0 Å². The number of nitrogens with zero attached hydrogens (tertiary/aromatic N) is 1. The molecule has 0 atom stereocenters. The molecule has 0 aromatic carbocycles. The van der Waals surface area contributed by atoms with Crippen LogP contribution >= 0.6 is 0 Å². The Bertz CT molecular complexity index is 202. The molecule has 1 aromatic rings. The summed E-state index contributed by atoms with van der Waals surface area (Å²) in [5, 5.41) is 0. The van der Waals surface area contributed by atoms with Crippen molar-refractivity contribution in [3.63, 3.8) is 0 Å². The van der Waals surface area contributed by atoms with Crippen LogP contribution in [0.5, 0.6) is 6.01 Å². The predicted octanol–water partition coefficient (Wildman–Crippen LogP) is -2.55. The first-order chi connectivity index (χ1) is 4.29. The van der Waals surface area contributed by atoms with Crippen LogP contribution in [0.3, 0.4) is 0 Å². The number of rotatable bonds is 1. The summed E-state index contributed by atoms with van der Waals surface area (Å²) in [6, 6.07) is 0.238. The third-order valence-corrected chi connectivity index (χ3v) is 0.714. The van der Waals surface area contributed by atoms with Crippen molar-refractivity contribution in [2.45, 2.75) is 6.92 Å². The topological polar surface area (TPSA) is 55.0 Å². The second-order valence-electron chi connectivity index (χ2n) is 1.49. The zero-order valence-electron chi connectivity index (χ0n) is 6.92. The molecular weight excluding hydrogens is 143 g/mol. The maximum atomic E-state index is 10.2. The number of carbonyl (C=O) groups is 1. The molecular formula is C5H7N2NaO2. The van der Waals surface area contributed by atoms with Crippen molar-refractivity contribution in [3.05, 3.63) is 12.4 Å². The molecule has 0 unspecified atom stereocenters. The van der Waals surface area contributed by atoms with E-state index in [0.717, 1.165) is 0 Å². The first kappa shape index (κ1) is 9.68. The standard InChI is InChI=1S/C5H6N2O2.Na.H/c1-4(8)9-5-6-2-3-7-5;;/h2-3H,1H3,(H,6,7);;/q;+1;-1. The van der Waals surface area contributed by atoms with E-state index >= 15 is 0 Å². The third-order valence-electron chi connectivity index (χ3n) is 0.714. The minimum absolute atomic E-state index is 0. The molecule has 0 saturated carbocycles. The van der Waals surface area contributed by atoms with Crippen molar-refractivity contribution >= 4 is 5.97 Å². The molecule has 0 aliphatic heterocycles. The monoisotopic (exact) mass is 150 g/mol. The second kappa shape index (κ2) is 4.49. The molecule has 0 bridgehead atoms. The Morgan fingerprint density at radius 3 is 3.00 bits per heavy atom. The van der Waals surface area contributed by atoms with Crippen LogP contribution in [0.2, 0.25) is 0 Å². The number of nitrogens with one attached hydrogen (secondary N) is 1. The Morgan fingerprint density at radius 1 is 1.90 bits per heavy atom. The minimum Gasteiger partial charge on any atom is -1.00 e. The van der Waals surface area contributed by atoms with Gasteiger partial charge in [-0.25, -0.2) is 4.98 Å². The van der Waals surface area contributed by atoms with Gasteiger partial charge in [0.1, 0.15) is 0 Å². The fraction of sp³-hybridized carbons (Fsp3) is 0.200. The van der Waals surface area contributed by atoms with Crippen LogP contribution in [0.4, 0.5) is 0 Å². The number of H-pyrrole nitrogens is 1. The SMILES string of the molecule is CC(=O)Oc1ncc[nH]1.[H-].[Na+]. The van der Waals surface area contributed by atoms with Crippen LogP contribution in [0.15, 0.2) is 12.4 Å². The van der Waals surface area contributed by atoms with Crippen LogP contribution in [0, 0.1) is 0 Å². The summed E-state index contributed by atoms with van der Waals surface area (Å²) in [5.74, 6) is -0.370. The maximum absolute atomic E-state index is 10.2. The minimum atomic E-state index is -0.370. The zero-order chi connectivity index (χ0) is 6.69. The molecule has 1 rings (SSSR count). The average molecular weight is 150 g/mol. The summed E-state index contributed by atoms with van der Waals surface area (Å²) in [5.41, 5.74) is 0. The van der Waals surface area contributed by atoms with Crippen molar-refractivity contribution < 1.29 is 40.5 Å². The Balaban J connectivity index is 0. The number of ether oxygens (including phenoxy) is 1. The molecule has 50 valence electrons. The molecule has 0 saturated heterocycles. The molecule has 10 heavy (non-hydrogen) atoms. The van der Waals surface area contributed by atoms with Crippen LogP contribution < -0.4 is 34.3 Å². The molecule has 4 nitrogen and oxygen atoms in total. The summed E-state index contributed by atoms with van der Waals surface area (Å²) in [4.78, 5) is 16.5. The van der Waals surface area contributed by atoms with Gasteiger partial charge in [0.25, 0.3) is 0 Å². The average Bonchev–Trinajstić information content (AvgIpc) is 2.15. The summed E-state index contributed by atoms with van der Waals surface area (Å²) < 4.78 is 4.55. The van der Waals surface area contributed by atoms with Gasteiger partial charge in [0.15, 0.2) is 0 Å². The number of hydrogen-bond donors (Lipinski definition) is 1. The zero-order valence-corrected chi connectivity index (χ0v) is 7.92. The Labute approximate surface area is 81.8 Å². The van der Waals surface area contributed by atoms with E-state index in [9.17, 15) is 4.79 Å². The summed E-state index contributed by atoms with van der Waals surface area (Å²) in [6.45, 7) is 1.32. The van der Waals surface area contributed by atoms with Gasteiger partial charge in [-0.15, -0.1) is 0 Å². The van der Waals surface area contributed by atoms with Crippen LogP contribution in [-0.4, -0.2) is 15.9 Å². The van der Waals surface area contributed by atoms with Gasteiger partial charge in [0, 0.05) is 19.3 Å². The van der Waals surface area contributed by atoms with Crippen molar-refractivity contribution in [1.29, 1.82) is 0 Å². The van der Waals surface area contributed by atoms with Crippen LogP contribution in [0.1, 0.15) is 8.35 Å². The fourth-order valence-electron chi connectivity index (χ4n) is 0.443. The van der Waals surface area contributed by atoms with Crippen molar-refractivity contribution in [1.82, 2.24) is 9.97 Å². The second-order valence-corrected chi connectivity index (χ2v) is 1.49. The molecule has 0 radical (unpaired) electrons. The van der Waals surface area contributed by atoms with Crippen molar-refractivity contribution in [3.8, 4) is 6.01 Å². The fourth-order valence-corrected chi connectivity index (χ4v) is 0.443. The normalized spacial score (nSPS) is 8.10. The quantitative estimate of drug-likeness (QED) is 0.354. The molecule has 1 heterocycles. The molecule has 0 aliphatic rings. The van der Waals surface area contributed by atoms with Gasteiger partial charge >= 0.3 is 41.5 Å². The smallest absolute Gasteiger partial charge is 1.00 e. The number of imidazole rings is 1. The Kier molecular flexibility index (Phi) is 4.34. The van der Waals surface area contributed by atoms with Crippen molar-refractivity contribution in [2.75, 3.05) is 0 Å². The number of esters is 1. The first-order valence-corrected chi connectivity index (χ1v) is 2.47.